The molecule has 0 amide bonds. The van der Waals surface area contributed by atoms with Crippen molar-refractivity contribution in [3.63, 3.8) is 0 Å². The first-order valence-electron chi connectivity index (χ1n) is 5.97. The van der Waals surface area contributed by atoms with E-state index in [-0.39, 0.29) is 0 Å². The third-order valence-corrected chi connectivity index (χ3v) is 3.66. The summed E-state index contributed by atoms with van der Waals surface area (Å²) in [6.45, 7) is 6.43. The summed E-state index contributed by atoms with van der Waals surface area (Å²) in [6.07, 6.45) is 0.322. The summed E-state index contributed by atoms with van der Waals surface area (Å²) in [5.41, 5.74) is 0. The molecule has 0 aromatic carbocycles. The Balaban J connectivity index is 1.82. The number of nitrogens with zero attached hydrogens (tertiary/aromatic N) is 2. The molecule has 2 saturated heterocycles. The Labute approximate surface area is 102 Å². The van der Waals surface area contributed by atoms with Crippen LogP contribution < -0.4 is 0 Å². The summed E-state index contributed by atoms with van der Waals surface area (Å²) in [4.78, 5) is 4.73. The van der Waals surface area contributed by atoms with Gasteiger partial charge in [-0.15, -0.1) is 11.6 Å². The number of halogens is 1. The van der Waals surface area contributed by atoms with Gasteiger partial charge in [0.05, 0.1) is 25.9 Å². The SMILES string of the molecule is CN1CCOC(CN2CCOCC2CCl)C1. The van der Waals surface area contributed by atoms with Gasteiger partial charge >= 0.3 is 0 Å². The highest BCUT2D eigenvalue weighted by Gasteiger charge is 2.27. The second-order valence-corrected chi connectivity index (χ2v) is 4.94. The third kappa shape index (κ3) is 3.31. The van der Waals surface area contributed by atoms with Crippen molar-refractivity contribution in [1.29, 1.82) is 0 Å². The molecule has 0 aromatic rings. The molecule has 0 aliphatic carbocycles. The first-order valence-corrected chi connectivity index (χ1v) is 6.51. The van der Waals surface area contributed by atoms with E-state index >= 15 is 0 Å². The fourth-order valence-corrected chi connectivity index (χ4v) is 2.59. The molecule has 0 radical (unpaired) electrons. The lowest BCUT2D eigenvalue weighted by molar-refractivity contribution is -0.0649. The van der Waals surface area contributed by atoms with Gasteiger partial charge in [-0.2, -0.15) is 0 Å². The van der Waals surface area contributed by atoms with Gasteiger partial charge in [0.15, 0.2) is 0 Å². The summed E-state index contributed by atoms with van der Waals surface area (Å²) < 4.78 is 11.2. The Morgan fingerprint density at radius 2 is 2.19 bits per heavy atom. The molecular weight excluding hydrogens is 228 g/mol. The van der Waals surface area contributed by atoms with Crippen LogP contribution in [0.25, 0.3) is 0 Å². The van der Waals surface area contributed by atoms with Gasteiger partial charge in [-0.1, -0.05) is 0 Å². The highest BCUT2D eigenvalue weighted by molar-refractivity contribution is 6.18. The number of hydrogen-bond donors (Lipinski definition) is 0. The van der Waals surface area contributed by atoms with Crippen molar-refractivity contribution in [3.8, 4) is 0 Å². The van der Waals surface area contributed by atoms with Crippen molar-refractivity contribution in [2.45, 2.75) is 12.1 Å². The van der Waals surface area contributed by atoms with Crippen LogP contribution in [0.5, 0.6) is 0 Å². The van der Waals surface area contributed by atoms with Crippen LogP contribution in [0.15, 0.2) is 0 Å². The highest BCUT2D eigenvalue weighted by Crippen LogP contribution is 2.12. The van der Waals surface area contributed by atoms with Crippen molar-refractivity contribution in [2.75, 3.05) is 58.9 Å². The Morgan fingerprint density at radius 1 is 1.31 bits per heavy atom. The van der Waals surface area contributed by atoms with E-state index in [1.54, 1.807) is 0 Å². The number of alkyl halides is 1. The van der Waals surface area contributed by atoms with E-state index in [9.17, 15) is 0 Å². The number of ether oxygens (including phenoxy) is 2. The molecule has 94 valence electrons. The van der Waals surface area contributed by atoms with Crippen molar-refractivity contribution in [3.05, 3.63) is 0 Å². The maximum absolute atomic E-state index is 5.95. The first-order chi connectivity index (χ1) is 7.79. The van der Waals surface area contributed by atoms with E-state index in [1.165, 1.54) is 0 Å². The number of morpholine rings is 2. The molecular formula is C11H21ClN2O2. The summed E-state index contributed by atoms with van der Waals surface area (Å²) in [5, 5.41) is 0. The van der Waals surface area contributed by atoms with E-state index < -0.39 is 0 Å². The summed E-state index contributed by atoms with van der Waals surface area (Å²) in [6, 6.07) is 0.353. The van der Waals surface area contributed by atoms with Crippen LogP contribution in [0.2, 0.25) is 0 Å². The third-order valence-electron chi connectivity index (χ3n) is 3.31. The molecule has 0 aromatic heterocycles. The van der Waals surface area contributed by atoms with E-state index in [0.29, 0.717) is 18.0 Å². The standard InChI is InChI=1S/C11H21ClN2O2/c1-13-2-5-16-11(7-13)8-14-3-4-15-9-10(14)6-12/h10-11H,2-9H2,1H3. The molecule has 2 rings (SSSR count). The van der Waals surface area contributed by atoms with Gasteiger partial charge in [0, 0.05) is 38.1 Å². The first kappa shape index (κ1) is 12.6. The molecule has 2 atom stereocenters. The van der Waals surface area contributed by atoms with Crippen LogP contribution in [0.4, 0.5) is 0 Å². The van der Waals surface area contributed by atoms with Gasteiger partial charge in [-0.05, 0) is 7.05 Å². The van der Waals surface area contributed by atoms with Gasteiger partial charge in [-0.3, -0.25) is 4.90 Å². The van der Waals surface area contributed by atoms with Gasteiger partial charge < -0.3 is 14.4 Å². The van der Waals surface area contributed by atoms with Crippen molar-refractivity contribution < 1.29 is 9.47 Å². The van der Waals surface area contributed by atoms with Gasteiger partial charge in [0.2, 0.25) is 0 Å². The molecule has 2 aliphatic rings. The molecule has 4 nitrogen and oxygen atoms in total. The Morgan fingerprint density at radius 3 is 2.94 bits per heavy atom. The summed E-state index contributed by atoms with van der Waals surface area (Å²) in [5.74, 6) is 0.641. The molecule has 2 heterocycles. The second kappa shape index (κ2) is 6.17. The molecule has 0 saturated carbocycles. The minimum absolute atomic E-state index is 0.322. The quantitative estimate of drug-likeness (QED) is 0.669. The molecule has 2 fully saturated rings. The maximum Gasteiger partial charge on any atom is 0.0829 e. The smallest absolute Gasteiger partial charge is 0.0829 e. The summed E-state index contributed by atoms with van der Waals surface area (Å²) >= 11 is 5.95. The number of rotatable bonds is 3. The van der Waals surface area contributed by atoms with Gasteiger partial charge in [0.25, 0.3) is 0 Å². The molecule has 0 bridgehead atoms. The molecule has 5 heteroatoms. The average Bonchev–Trinajstić information content (AvgIpc) is 2.30. The Kier molecular flexibility index (Phi) is 4.85. The van der Waals surface area contributed by atoms with Crippen molar-refractivity contribution >= 4 is 11.6 Å². The molecule has 2 aliphatic heterocycles. The highest BCUT2D eigenvalue weighted by atomic mass is 35.5. The predicted octanol–water partition coefficient (Wildman–Crippen LogP) is 0.257. The largest absolute Gasteiger partial charge is 0.378 e. The fourth-order valence-electron chi connectivity index (χ4n) is 2.31. The van der Waals surface area contributed by atoms with Crippen LogP contribution in [-0.2, 0) is 9.47 Å². The van der Waals surface area contributed by atoms with E-state index in [2.05, 4.69) is 16.8 Å². The molecule has 16 heavy (non-hydrogen) atoms. The lowest BCUT2D eigenvalue weighted by Crippen LogP contribution is -2.53. The zero-order chi connectivity index (χ0) is 11.4. The lowest BCUT2D eigenvalue weighted by Gasteiger charge is -2.39. The monoisotopic (exact) mass is 248 g/mol. The molecule has 0 N–H and O–H groups in total. The Hall–Kier alpha value is 0.130. The molecule has 0 spiro atoms. The van der Waals surface area contributed by atoms with Crippen LogP contribution in [0, 0.1) is 0 Å². The van der Waals surface area contributed by atoms with Crippen LogP contribution >= 0.6 is 11.6 Å². The van der Waals surface area contributed by atoms with Crippen molar-refractivity contribution in [2.24, 2.45) is 0 Å². The zero-order valence-electron chi connectivity index (χ0n) is 9.90. The minimum Gasteiger partial charge on any atom is -0.378 e. The normalized spacial score (nSPS) is 34.1. The number of hydrogen-bond acceptors (Lipinski definition) is 4. The molecule has 2 unspecified atom stereocenters. The maximum atomic E-state index is 5.95. The minimum atomic E-state index is 0.322. The Bertz CT molecular complexity index is 218. The van der Waals surface area contributed by atoms with Crippen molar-refractivity contribution in [1.82, 2.24) is 9.80 Å². The topological polar surface area (TPSA) is 24.9 Å². The zero-order valence-corrected chi connectivity index (χ0v) is 10.7. The van der Waals surface area contributed by atoms with Crippen LogP contribution in [0.3, 0.4) is 0 Å². The van der Waals surface area contributed by atoms with E-state index in [1.807, 2.05) is 0 Å². The number of likely N-dealkylation sites (N-methyl/N-ethyl adjacent to an activating group) is 1. The summed E-state index contributed by atoms with van der Waals surface area (Å²) in [7, 11) is 2.15. The van der Waals surface area contributed by atoms with E-state index in [0.717, 1.165) is 46.0 Å². The van der Waals surface area contributed by atoms with Crippen LogP contribution in [0.1, 0.15) is 0 Å². The van der Waals surface area contributed by atoms with E-state index in [4.69, 9.17) is 21.1 Å². The van der Waals surface area contributed by atoms with Gasteiger partial charge in [0.1, 0.15) is 0 Å². The van der Waals surface area contributed by atoms with Gasteiger partial charge in [-0.25, -0.2) is 0 Å². The predicted molar refractivity (Wildman–Crippen MR) is 64.1 cm³/mol. The fraction of sp³-hybridized carbons (Fsp3) is 1.00. The second-order valence-electron chi connectivity index (χ2n) is 4.63. The average molecular weight is 249 g/mol. The van der Waals surface area contributed by atoms with Crippen LogP contribution in [-0.4, -0.2) is 80.9 Å². The lowest BCUT2D eigenvalue weighted by atomic mass is 10.2.